The molecular formula is C14H19NO5S. The summed E-state index contributed by atoms with van der Waals surface area (Å²) in [6.07, 6.45) is -0.310. The van der Waals surface area contributed by atoms with Crippen molar-refractivity contribution in [3.05, 3.63) is 29.8 Å². The maximum Gasteiger partial charge on any atom is 0.322 e. The number of carboxylic acid groups (broad SMARTS) is 1. The Labute approximate surface area is 124 Å². The highest BCUT2D eigenvalue weighted by Gasteiger charge is 2.45. The predicted octanol–water partition coefficient (Wildman–Crippen LogP) is 1.45. The average molecular weight is 313 g/mol. The predicted molar refractivity (Wildman–Crippen MR) is 76.2 cm³/mol. The van der Waals surface area contributed by atoms with Crippen molar-refractivity contribution >= 4 is 16.0 Å². The van der Waals surface area contributed by atoms with E-state index in [9.17, 15) is 18.3 Å². The van der Waals surface area contributed by atoms with Gasteiger partial charge in [-0.05, 0) is 26.0 Å². The summed E-state index contributed by atoms with van der Waals surface area (Å²) in [6, 6.07) is 5.19. The maximum atomic E-state index is 12.6. The summed E-state index contributed by atoms with van der Waals surface area (Å²) in [7, 11) is -3.90. The molecule has 0 radical (unpaired) electrons. The van der Waals surface area contributed by atoms with Crippen LogP contribution in [-0.4, -0.2) is 42.7 Å². The van der Waals surface area contributed by atoms with Crippen LogP contribution in [-0.2, 0) is 19.6 Å². The Morgan fingerprint density at radius 1 is 1.29 bits per heavy atom. The highest BCUT2D eigenvalue weighted by atomic mass is 32.2. The van der Waals surface area contributed by atoms with Gasteiger partial charge >= 0.3 is 5.97 Å². The molecule has 6 nitrogen and oxygen atoms in total. The van der Waals surface area contributed by atoms with E-state index in [2.05, 4.69) is 0 Å². The number of nitrogens with zero attached hydrogens (tertiary/aromatic N) is 1. The molecule has 0 aliphatic carbocycles. The normalized spacial score (nSPS) is 27.5. The topological polar surface area (TPSA) is 83.9 Å². The first kappa shape index (κ1) is 15.9. The largest absolute Gasteiger partial charge is 0.480 e. The summed E-state index contributed by atoms with van der Waals surface area (Å²) in [6.45, 7) is 5.03. The van der Waals surface area contributed by atoms with E-state index in [4.69, 9.17) is 4.74 Å². The summed E-state index contributed by atoms with van der Waals surface area (Å²) in [5.74, 6) is -1.59. The zero-order chi connectivity index (χ0) is 15.8. The minimum Gasteiger partial charge on any atom is -0.480 e. The van der Waals surface area contributed by atoms with E-state index in [-0.39, 0.29) is 17.7 Å². The van der Waals surface area contributed by atoms with Gasteiger partial charge in [0.2, 0.25) is 10.0 Å². The van der Waals surface area contributed by atoms with Gasteiger partial charge in [-0.3, -0.25) is 4.79 Å². The Balaban J connectivity index is 2.42. The molecule has 0 saturated carbocycles. The molecule has 1 aliphatic rings. The fourth-order valence-electron chi connectivity index (χ4n) is 2.35. The molecule has 7 heteroatoms. The van der Waals surface area contributed by atoms with Crippen LogP contribution in [0.1, 0.15) is 19.4 Å². The summed E-state index contributed by atoms with van der Waals surface area (Å²) < 4.78 is 31.6. The lowest BCUT2D eigenvalue weighted by Gasteiger charge is -2.39. The number of rotatable bonds is 3. The smallest absolute Gasteiger partial charge is 0.322 e. The van der Waals surface area contributed by atoms with Gasteiger partial charge in [0.25, 0.3) is 0 Å². The summed E-state index contributed by atoms with van der Waals surface area (Å²) in [5, 5.41) is 9.39. The number of carboxylic acids is 1. The molecular weight excluding hydrogens is 294 g/mol. The molecule has 1 N–H and O–H groups in total. The molecule has 1 aromatic carbocycles. The van der Waals surface area contributed by atoms with Crippen molar-refractivity contribution in [2.24, 2.45) is 5.92 Å². The number of benzene rings is 1. The van der Waals surface area contributed by atoms with E-state index >= 15 is 0 Å². The third-order valence-corrected chi connectivity index (χ3v) is 5.71. The van der Waals surface area contributed by atoms with Gasteiger partial charge < -0.3 is 9.84 Å². The minimum atomic E-state index is -3.90. The van der Waals surface area contributed by atoms with Gasteiger partial charge in [-0.25, -0.2) is 8.42 Å². The van der Waals surface area contributed by atoms with Crippen LogP contribution in [0.25, 0.3) is 0 Å². The third-order valence-electron chi connectivity index (χ3n) is 3.89. The Morgan fingerprint density at radius 2 is 1.86 bits per heavy atom. The van der Waals surface area contributed by atoms with Crippen LogP contribution in [0.3, 0.4) is 0 Å². The Bertz CT molecular complexity index is 625. The second-order valence-corrected chi connectivity index (χ2v) is 7.24. The minimum absolute atomic E-state index is 0.0738. The average Bonchev–Trinajstić information content (AvgIpc) is 2.41. The van der Waals surface area contributed by atoms with Crippen molar-refractivity contribution in [1.29, 1.82) is 0 Å². The lowest BCUT2D eigenvalue weighted by atomic mass is 9.95. The van der Waals surface area contributed by atoms with Crippen LogP contribution in [0.4, 0.5) is 0 Å². The molecule has 0 bridgehead atoms. The van der Waals surface area contributed by atoms with Gasteiger partial charge in [-0.1, -0.05) is 24.6 Å². The lowest BCUT2D eigenvalue weighted by Crippen LogP contribution is -2.56. The maximum absolute atomic E-state index is 12.6. The number of carbonyl (C=O) groups is 1. The zero-order valence-corrected chi connectivity index (χ0v) is 13.0. The molecule has 0 amide bonds. The monoisotopic (exact) mass is 313 g/mol. The first-order valence-corrected chi connectivity index (χ1v) is 8.12. The van der Waals surface area contributed by atoms with E-state index in [0.29, 0.717) is 0 Å². The molecule has 1 aromatic rings. The number of hydrogen-bond acceptors (Lipinski definition) is 4. The number of aryl methyl sites for hydroxylation is 1. The van der Waals surface area contributed by atoms with Crippen LogP contribution < -0.4 is 0 Å². The highest BCUT2D eigenvalue weighted by Crippen LogP contribution is 2.29. The van der Waals surface area contributed by atoms with Crippen LogP contribution in [0.15, 0.2) is 29.2 Å². The van der Waals surface area contributed by atoms with Gasteiger partial charge in [-0.2, -0.15) is 4.31 Å². The fourth-order valence-corrected chi connectivity index (χ4v) is 3.89. The first-order valence-electron chi connectivity index (χ1n) is 6.68. The molecule has 2 rings (SSSR count). The molecule has 116 valence electrons. The number of aliphatic carboxylic acids is 1. The SMILES string of the molecule is Cc1ccc(S(=O)(=O)N2COC(C)C(C)C2C(=O)O)cc1. The zero-order valence-electron chi connectivity index (χ0n) is 12.2. The number of sulfonamides is 1. The van der Waals surface area contributed by atoms with Crippen LogP contribution >= 0.6 is 0 Å². The fraction of sp³-hybridized carbons (Fsp3) is 0.500. The van der Waals surface area contributed by atoms with Crippen molar-refractivity contribution in [3.63, 3.8) is 0 Å². The Kier molecular flexibility index (Phi) is 4.36. The molecule has 1 aliphatic heterocycles. The van der Waals surface area contributed by atoms with Crippen molar-refractivity contribution in [3.8, 4) is 0 Å². The summed E-state index contributed by atoms with van der Waals surface area (Å²) in [4.78, 5) is 11.6. The van der Waals surface area contributed by atoms with Crippen molar-refractivity contribution in [2.45, 2.75) is 37.8 Å². The second kappa shape index (κ2) is 5.75. The highest BCUT2D eigenvalue weighted by molar-refractivity contribution is 7.89. The van der Waals surface area contributed by atoms with E-state index in [0.717, 1.165) is 9.87 Å². The van der Waals surface area contributed by atoms with Gasteiger partial charge in [0.15, 0.2) is 0 Å². The standard InChI is InChI=1S/C14H19NO5S/c1-9-4-6-12(7-5-9)21(18,19)15-8-20-11(3)10(2)13(15)14(16)17/h4-7,10-11,13H,8H2,1-3H3,(H,16,17). The van der Waals surface area contributed by atoms with E-state index in [1.54, 1.807) is 26.0 Å². The second-order valence-electron chi connectivity index (χ2n) is 5.35. The Morgan fingerprint density at radius 3 is 2.38 bits per heavy atom. The molecule has 1 heterocycles. The van der Waals surface area contributed by atoms with E-state index < -0.39 is 28.0 Å². The summed E-state index contributed by atoms with van der Waals surface area (Å²) >= 11 is 0. The molecule has 0 aromatic heterocycles. The van der Waals surface area contributed by atoms with Crippen molar-refractivity contribution in [2.75, 3.05) is 6.73 Å². The van der Waals surface area contributed by atoms with Crippen LogP contribution in [0, 0.1) is 12.8 Å². The summed E-state index contributed by atoms with van der Waals surface area (Å²) in [5.41, 5.74) is 0.931. The molecule has 21 heavy (non-hydrogen) atoms. The molecule has 1 fully saturated rings. The van der Waals surface area contributed by atoms with Crippen LogP contribution in [0.5, 0.6) is 0 Å². The molecule has 0 spiro atoms. The number of ether oxygens (including phenoxy) is 1. The van der Waals surface area contributed by atoms with Crippen LogP contribution in [0.2, 0.25) is 0 Å². The van der Waals surface area contributed by atoms with Gasteiger partial charge in [0, 0.05) is 5.92 Å². The molecule has 1 saturated heterocycles. The number of hydrogen-bond donors (Lipinski definition) is 1. The van der Waals surface area contributed by atoms with E-state index in [1.807, 2.05) is 6.92 Å². The first-order chi connectivity index (χ1) is 9.75. The van der Waals surface area contributed by atoms with E-state index in [1.165, 1.54) is 12.1 Å². The quantitative estimate of drug-likeness (QED) is 0.913. The van der Waals surface area contributed by atoms with Crippen molar-refractivity contribution < 1.29 is 23.1 Å². The third kappa shape index (κ3) is 2.95. The lowest BCUT2D eigenvalue weighted by molar-refractivity contribution is -0.156. The Hall–Kier alpha value is -1.44. The molecule has 3 unspecified atom stereocenters. The van der Waals surface area contributed by atoms with Crippen molar-refractivity contribution in [1.82, 2.24) is 4.31 Å². The molecule has 3 atom stereocenters. The van der Waals surface area contributed by atoms with Gasteiger partial charge in [0.1, 0.15) is 12.8 Å². The van der Waals surface area contributed by atoms with Gasteiger partial charge in [-0.15, -0.1) is 0 Å². The van der Waals surface area contributed by atoms with Gasteiger partial charge in [0.05, 0.1) is 11.0 Å².